The van der Waals surface area contributed by atoms with Crippen LogP contribution in [0.5, 0.6) is 0 Å². The predicted octanol–water partition coefficient (Wildman–Crippen LogP) is 3.13. The minimum atomic E-state index is -0.861. The van der Waals surface area contributed by atoms with Crippen LogP contribution in [0.1, 0.15) is 41.2 Å². The lowest BCUT2D eigenvalue weighted by Crippen LogP contribution is -2.20. The Morgan fingerprint density at radius 3 is 2.38 bits per heavy atom. The minimum Gasteiger partial charge on any atom is -0.481 e. The van der Waals surface area contributed by atoms with E-state index in [-0.39, 0.29) is 18.6 Å². The molecule has 1 heterocycles. The van der Waals surface area contributed by atoms with Gasteiger partial charge in [-0.2, -0.15) is 0 Å². The van der Waals surface area contributed by atoms with Gasteiger partial charge in [-0.15, -0.1) is 11.3 Å². The summed E-state index contributed by atoms with van der Waals surface area (Å²) in [5, 5.41) is 8.73. The fourth-order valence-corrected chi connectivity index (χ4v) is 2.38. The van der Waals surface area contributed by atoms with Crippen LogP contribution in [0.15, 0.2) is 12.1 Å². The van der Waals surface area contributed by atoms with Crippen molar-refractivity contribution in [2.45, 2.75) is 33.6 Å². The molecule has 0 aromatic carbocycles. The largest absolute Gasteiger partial charge is 0.481 e. The topological polar surface area (TPSA) is 54.4 Å². The summed E-state index contributed by atoms with van der Waals surface area (Å²) in [5.74, 6) is -0.829. The Hall–Kier alpha value is -1.16. The second-order valence-corrected chi connectivity index (χ2v) is 6.03. The van der Waals surface area contributed by atoms with Gasteiger partial charge in [0.05, 0.1) is 11.3 Å². The maximum Gasteiger partial charge on any atom is 0.303 e. The van der Waals surface area contributed by atoms with Gasteiger partial charge in [0.2, 0.25) is 0 Å². The number of carbonyl (C=O) groups excluding carboxylic acids is 1. The molecule has 0 aliphatic heterocycles. The number of ketones is 1. The van der Waals surface area contributed by atoms with Gasteiger partial charge in [0.1, 0.15) is 0 Å². The number of aryl methyl sites for hydroxylation is 1. The van der Waals surface area contributed by atoms with E-state index in [1.165, 1.54) is 11.3 Å². The van der Waals surface area contributed by atoms with Crippen LogP contribution in [-0.2, 0) is 4.79 Å². The van der Waals surface area contributed by atoms with Crippen LogP contribution in [0.25, 0.3) is 0 Å². The van der Waals surface area contributed by atoms with Crippen molar-refractivity contribution in [2.24, 2.45) is 5.41 Å². The number of rotatable bonds is 5. The molecule has 0 unspecified atom stereocenters. The fourth-order valence-electron chi connectivity index (χ4n) is 1.58. The SMILES string of the molecule is Cc1ccc(C(=O)CC(C)(C)CC(=O)O)s1. The molecular formula is C12H16O3S. The third kappa shape index (κ3) is 3.77. The third-order valence-corrected chi connectivity index (χ3v) is 3.33. The number of hydrogen-bond donors (Lipinski definition) is 1. The summed E-state index contributed by atoms with van der Waals surface area (Å²) in [7, 11) is 0. The van der Waals surface area contributed by atoms with Crippen LogP contribution in [-0.4, -0.2) is 16.9 Å². The van der Waals surface area contributed by atoms with E-state index in [2.05, 4.69) is 0 Å². The summed E-state index contributed by atoms with van der Waals surface area (Å²) in [6.07, 6.45) is 0.294. The number of aliphatic carboxylic acids is 1. The van der Waals surface area contributed by atoms with Gasteiger partial charge in [0.15, 0.2) is 5.78 Å². The Morgan fingerprint density at radius 2 is 1.94 bits per heavy atom. The molecule has 1 aromatic rings. The minimum absolute atomic E-state index is 0.0170. The number of hydrogen-bond acceptors (Lipinski definition) is 3. The van der Waals surface area contributed by atoms with Crippen molar-refractivity contribution < 1.29 is 14.7 Å². The van der Waals surface area contributed by atoms with Crippen molar-refractivity contribution >= 4 is 23.1 Å². The number of carbonyl (C=O) groups is 2. The van der Waals surface area contributed by atoms with Crippen molar-refractivity contribution in [1.29, 1.82) is 0 Å². The molecule has 0 spiro atoms. The average molecular weight is 240 g/mol. The van der Waals surface area contributed by atoms with Crippen LogP contribution in [0.3, 0.4) is 0 Å². The normalized spacial score (nSPS) is 11.4. The number of Topliss-reactive ketones (excluding diaryl/α,β-unsaturated/α-hetero) is 1. The molecule has 1 N–H and O–H groups in total. The molecule has 16 heavy (non-hydrogen) atoms. The Bertz CT molecular complexity index is 404. The maximum atomic E-state index is 11.9. The molecule has 0 saturated heterocycles. The van der Waals surface area contributed by atoms with E-state index in [1.54, 1.807) is 19.9 Å². The predicted molar refractivity (Wildman–Crippen MR) is 64.0 cm³/mol. The van der Waals surface area contributed by atoms with Crippen LogP contribution >= 0.6 is 11.3 Å². The lowest BCUT2D eigenvalue weighted by molar-refractivity contribution is -0.139. The quantitative estimate of drug-likeness (QED) is 0.804. The molecule has 0 radical (unpaired) electrons. The van der Waals surface area contributed by atoms with E-state index in [9.17, 15) is 9.59 Å². The van der Waals surface area contributed by atoms with Gasteiger partial charge in [-0.1, -0.05) is 13.8 Å². The van der Waals surface area contributed by atoms with Crippen LogP contribution in [0.2, 0.25) is 0 Å². The summed E-state index contributed by atoms with van der Waals surface area (Å²) in [4.78, 5) is 24.3. The fraction of sp³-hybridized carbons (Fsp3) is 0.500. The first-order valence-electron chi connectivity index (χ1n) is 5.12. The van der Waals surface area contributed by atoms with Crippen molar-refractivity contribution in [3.05, 3.63) is 21.9 Å². The van der Waals surface area contributed by atoms with Crippen LogP contribution in [0.4, 0.5) is 0 Å². The first-order valence-corrected chi connectivity index (χ1v) is 5.93. The van der Waals surface area contributed by atoms with E-state index in [0.717, 1.165) is 9.75 Å². The zero-order valence-electron chi connectivity index (χ0n) is 9.74. The highest BCUT2D eigenvalue weighted by atomic mass is 32.1. The number of carboxylic acids is 1. The van der Waals surface area contributed by atoms with Crippen LogP contribution in [0, 0.1) is 12.3 Å². The van der Waals surface area contributed by atoms with Crippen molar-refractivity contribution in [2.75, 3.05) is 0 Å². The molecule has 4 heteroatoms. The zero-order chi connectivity index (χ0) is 12.3. The Balaban J connectivity index is 2.67. The van der Waals surface area contributed by atoms with Gasteiger partial charge < -0.3 is 5.11 Å². The lowest BCUT2D eigenvalue weighted by atomic mass is 9.84. The van der Waals surface area contributed by atoms with Gasteiger partial charge in [-0.3, -0.25) is 9.59 Å². The molecular weight excluding hydrogens is 224 g/mol. The molecule has 0 fully saturated rings. The van der Waals surface area contributed by atoms with E-state index < -0.39 is 11.4 Å². The second-order valence-electron chi connectivity index (χ2n) is 4.74. The molecule has 0 saturated carbocycles. The van der Waals surface area contributed by atoms with Crippen molar-refractivity contribution in [3.8, 4) is 0 Å². The summed E-state index contributed by atoms with van der Waals surface area (Å²) < 4.78 is 0. The number of thiophene rings is 1. The van der Waals surface area contributed by atoms with Gasteiger partial charge in [0, 0.05) is 11.3 Å². The Labute approximate surface area is 99.1 Å². The molecule has 0 atom stereocenters. The van der Waals surface area contributed by atoms with Crippen molar-refractivity contribution in [3.63, 3.8) is 0 Å². The van der Waals surface area contributed by atoms with E-state index in [4.69, 9.17) is 5.11 Å². The smallest absolute Gasteiger partial charge is 0.303 e. The molecule has 0 aliphatic carbocycles. The zero-order valence-corrected chi connectivity index (χ0v) is 10.6. The molecule has 0 amide bonds. The van der Waals surface area contributed by atoms with Crippen molar-refractivity contribution in [1.82, 2.24) is 0 Å². The van der Waals surface area contributed by atoms with Gasteiger partial charge >= 0.3 is 5.97 Å². The monoisotopic (exact) mass is 240 g/mol. The average Bonchev–Trinajstić information content (AvgIpc) is 2.47. The number of carboxylic acid groups (broad SMARTS) is 1. The Kier molecular flexibility index (Phi) is 3.86. The lowest BCUT2D eigenvalue weighted by Gasteiger charge is -2.20. The molecule has 0 aliphatic rings. The van der Waals surface area contributed by atoms with Gasteiger partial charge in [-0.25, -0.2) is 0 Å². The molecule has 1 aromatic heterocycles. The van der Waals surface area contributed by atoms with E-state index in [0.29, 0.717) is 0 Å². The first-order chi connectivity index (χ1) is 7.30. The molecule has 1 rings (SSSR count). The van der Waals surface area contributed by atoms with E-state index >= 15 is 0 Å². The summed E-state index contributed by atoms with van der Waals surface area (Å²) in [6, 6.07) is 3.71. The highest BCUT2D eigenvalue weighted by molar-refractivity contribution is 7.14. The first kappa shape index (κ1) is 12.9. The molecule has 3 nitrogen and oxygen atoms in total. The van der Waals surface area contributed by atoms with Gasteiger partial charge in [0.25, 0.3) is 0 Å². The Morgan fingerprint density at radius 1 is 1.31 bits per heavy atom. The summed E-state index contributed by atoms with van der Waals surface area (Å²) >= 11 is 1.46. The highest BCUT2D eigenvalue weighted by Gasteiger charge is 2.26. The maximum absolute atomic E-state index is 11.9. The standard InChI is InChI=1S/C12H16O3S/c1-8-4-5-10(16-8)9(13)6-12(2,3)7-11(14)15/h4-5H,6-7H2,1-3H3,(H,14,15). The highest BCUT2D eigenvalue weighted by Crippen LogP contribution is 2.28. The summed E-state index contributed by atoms with van der Waals surface area (Å²) in [6.45, 7) is 5.56. The second kappa shape index (κ2) is 4.78. The van der Waals surface area contributed by atoms with E-state index in [1.807, 2.05) is 13.0 Å². The van der Waals surface area contributed by atoms with Gasteiger partial charge in [-0.05, 0) is 24.5 Å². The van der Waals surface area contributed by atoms with Crippen LogP contribution < -0.4 is 0 Å². The molecule has 88 valence electrons. The molecule has 0 bridgehead atoms. The third-order valence-electron chi connectivity index (χ3n) is 2.28. The summed E-state index contributed by atoms with van der Waals surface area (Å²) in [5.41, 5.74) is -0.485.